The first-order valence-corrected chi connectivity index (χ1v) is 9.03. The minimum absolute atomic E-state index is 0.257. The van der Waals surface area contributed by atoms with Gasteiger partial charge in [0.2, 0.25) is 0 Å². The number of aromatic nitrogens is 3. The second kappa shape index (κ2) is 7.01. The molecule has 0 saturated heterocycles. The molecule has 2 heterocycles. The highest BCUT2D eigenvalue weighted by molar-refractivity contribution is 7.21. The summed E-state index contributed by atoms with van der Waals surface area (Å²) in [5.41, 5.74) is 3.92. The molecular weight excluding hydrogens is 344 g/mol. The predicted octanol–water partition coefficient (Wildman–Crippen LogP) is 3.99. The molecule has 0 radical (unpaired) electrons. The van der Waals surface area contributed by atoms with Gasteiger partial charge in [-0.15, -0.1) is 11.3 Å². The summed E-state index contributed by atoms with van der Waals surface area (Å²) in [4.78, 5) is 25.8. The van der Waals surface area contributed by atoms with Crippen molar-refractivity contribution in [1.82, 2.24) is 20.3 Å². The van der Waals surface area contributed by atoms with E-state index in [0.29, 0.717) is 22.9 Å². The molecule has 0 aliphatic carbocycles. The van der Waals surface area contributed by atoms with Gasteiger partial charge in [0.15, 0.2) is 5.69 Å². The smallest absolute Gasteiger partial charge is 0.272 e. The number of carbonyl (C=O) groups excluding carboxylic acids is 1. The number of rotatable bonds is 4. The number of aryl methyl sites for hydroxylation is 1. The Labute approximate surface area is 154 Å². The van der Waals surface area contributed by atoms with Crippen molar-refractivity contribution in [3.8, 4) is 10.7 Å². The Morgan fingerprint density at radius 3 is 2.62 bits per heavy atom. The zero-order valence-electron chi connectivity index (χ0n) is 14.1. The molecule has 5 nitrogen and oxygen atoms in total. The van der Waals surface area contributed by atoms with E-state index in [-0.39, 0.29) is 5.91 Å². The number of benzene rings is 2. The van der Waals surface area contributed by atoms with Crippen molar-refractivity contribution in [2.24, 2.45) is 0 Å². The minimum atomic E-state index is -0.257. The number of para-hydroxylation sites is 1. The zero-order chi connectivity index (χ0) is 17.9. The summed E-state index contributed by atoms with van der Waals surface area (Å²) in [6.45, 7) is 2.47. The zero-order valence-corrected chi connectivity index (χ0v) is 15.0. The molecule has 0 atom stereocenters. The molecule has 2 aromatic carbocycles. The van der Waals surface area contributed by atoms with E-state index in [9.17, 15) is 4.79 Å². The summed E-state index contributed by atoms with van der Waals surface area (Å²) in [6, 6.07) is 15.9. The molecule has 4 rings (SSSR count). The fourth-order valence-corrected chi connectivity index (χ4v) is 3.57. The van der Waals surface area contributed by atoms with Gasteiger partial charge in [-0.3, -0.25) is 4.79 Å². The highest BCUT2D eigenvalue weighted by Gasteiger charge is 2.18. The van der Waals surface area contributed by atoms with Crippen LogP contribution >= 0.6 is 11.3 Å². The van der Waals surface area contributed by atoms with Gasteiger partial charge in [0.25, 0.3) is 5.91 Å². The summed E-state index contributed by atoms with van der Waals surface area (Å²) < 4.78 is 1.05. The van der Waals surface area contributed by atoms with Crippen LogP contribution in [0.5, 0.6) is 0 Å². The van der Waals surface area contributed by atoms with Gasteiger partial charge in [-0.2, -0.15) is 0 Å². The average molecular weight is 360 g/mol. The molecule has 4 aromatic rings. The molecule has 0 aliphatic heterocycles. The van der Waals surface area contributed by atoms with Crippen molar-refractivity contribution in [1.29, 1.82) is 0 Å². The standard InChI is InChI=1S/C20H16N4OS/c1-13-6-8-14(9-7-13)12-23-19(25)17-18(22-11-10-21-17)20-24-15-4-2-3-5-16(15)26-20/h2-11H,12H2,1H3,(H,23,25). The molecule has 26 heavy (non-hydrogen) atoms. The molecule has 128 valence electrons. The van der Waals surface area contributed by atoms with Gasteiger partial charge in [-0.25, -0.2) is 15.0 Å². The molecule has 1 N–H and O–H groups in total. The first-order chi connectivity index (χ1) is 12.7. The Bertz CT molecular complexity index is 1040. The second-order valence-electron chi connectivity index (χ2n) is 5.91. The van der Waals surface area contributed by atoms with Crippen LogP contribution in [-0.2, 0) is 6.54 Å². The SMILES string of the molecule is Cc1ccc(CNC(=O)c2nccnc2-c2nc3ccccc3s2)cc1. The molecular formula is C20H16N4OS. The van der Waals surface area contributed by atoms with Crippen molar-refractivity contribution in [3.63, 3.8) is 0 Å². The molecule has 1 amide bonds. The van der Waals surface area contributed by atoms with Crippen LogP contribution in [0, 0.1) is 6.92 Å². The van der Waals surface area contributed by atoms with Crippen molar-refractivity contribution < 1.29 is 4.79 Å². The number of thiazole rings is 1. The van der Waals surface area contributed by atoms with Crippen molar-refractivity contribution in [2.75, 3.05) is 0 Å². The lowest BCUT2D eigenvalue weighted by atomic mass is 10.1. The van der Waals surface area contributed by atoms with E-state index in [2.05, 4.69) is 20.3 Å². The Kier molecular flexibility index (Phi) is 4.41. The van der Waals surface area contributed by atoms with E-state index in [4.69, 9.17) is 0 Å². The Balaban J connectivity index is 1.60. The van der Waals surface area contributed by atoms with Crippen LogP contribution in [0.25, 0.3) is 20.9 Å². The topological polar surface area (TPSA) is 67.8 Å². The lowest BCUT2D eigenvalue weighted by molar-refractivity contribution is 0.0946. The van der Waals surface area contributed by atoms with E-state index >= 15 is 0 Å². The molecule has 0 unspecified atom stereocenters. The van der Waals surface area contributed by atoms with Crippen LogP contribution < -0.4 is 5.32 Å². The van der Waals surface area contributed by atoms with Gasteiger partial charge in [-0.05, 0) is 24.6 Å². The fraction of sp³-hybridized carbons (Fsp3) is 0.100. The molecule has 0 bridgehead atoms. The third-order valence-electron chi connectivity index (χ3n) is 3.98. The predicted molar refractivity (Wildman–Crippen MR) is 103 cm³/mol. The molecule has 0 saturated carbocycles. The van der Waals surface area contributed by atoms with Crippen LogP contribution in [0.1, 0.15) is 21.6 Å². The third-order valence-corrected chi connectivity index (χ3v) is 5.03. The number of hydrogen-bond donors (Lipinski definition) is 1. The largest absolute Gasteiger partial charge is 0.347 e. The lowest BCUT2D eigenvalue weighted by Gasteiger charge is -2.07. The molecule has 6 heteroatoms. The summed E-state index contributed by atoms with van der Waals surface area (Å²) in [7, 11) is 0. The monoisotopic (exact) mass is 360 g/mol. The first-order valence-electron chi connectivity index (χ1n) is 8.21. The van der Waals surface area contributed by atoms with E-state index in [1.54, 1.807) is 6.20 Å². The van der Waals surface area contributed by atoms with Crippen LogP contribution in [0.3, 0.4) is 0 Å². The highest BCUT2D eigenvalue weighted by Crippen LogP contribution is 2.30. The molecule has 0 fully saturated rings. The Morgan fingerprint density at radius 2 is 1.81 bits per heavy atom. The van der Waals surface area contributed by atoms with Gasteiger partial charge < -0.3 is 5.32 Å². The highest BCUT2D eigenvalue weighted by atomic mass is 32.1. The lowest BCUT2D eigenvalue weighted by Crippen LogP contribution is -2.24. The maximum atomic E-state index is 12.7. The normalized spacial score (nSPS) is 10.8. The maximum absolute atomic E-state index is 12.7. The van der Waals surface area contributed by atoms with Gasteiger partial charge in [0.1, 0.15) is 10.7 Å². The number of hydrogen-bond acceptors (Lipinski definition) is 5. The number of carbonyl (C=O) groups is 1. The van der Waals surface area contributed by atoms with Gasteiger partial charge in [0, 0.05) is 18.9 Å². The summed E-state index contributed by atoms with van der Waals surface area (Å²) in [5.74, 6) is -0.257. The molecule has 0 spiro atoms. The number of nitrogens with one attached hydrogen (secondary N) is 1. The number of fused-ring (bicyclic) bond motifs is 1. The second-order valence-corrected chi connectivity index (χ2v) is 6.94. The number of nitrogens with zero attached hydrogens (tertiary/aromatic N) is 3. The summed E-state index contributed by atoms with van der Waals surface area (Å²) >= 11 is 1.50. The van der Waals surface area contributed by atoms with E-state index in [1.165, 1.54) is 23.1 Å². The van der Waals surface area contributed by atoms with Crippen LogP contribution in [-0.4, -0.2) is 20.9 Å². The van der Waals surface area contributed by atoms with E-state index in [1.807, 2.05) is 55.5 Å². The first kappa shape index (κ1) is 16.4. The Morgan fingerprint density at radius 1 is 1.04 bits per heavy atom. The van der Waals surface area contributed by atoms with Gasteiger partial charge >= 0.3 is 0 Å². The van der Waals surface area contributed by atoms with Crippen LogP contribution in [0.15, 0.2) is 60.9 Å². The maximum Gasteiger partial charge on any atom is 0.272 e. The van der Waals surface area contributed by atoms with Gasteiger partial charge in [0.05, 0.1) is 10.2 Å². The van der Waals surface area contributed by atoms with Crippen molar-refractivity contribution in [2.45, 2.75) is 13.5 Å². The van der Waals surface area contributed by atoms with Crippen LogP contribution in [0.4, 0.5) is 0 Å². The summed E-state index contributed by atoms with van der Waals surface area (Å²) in [6.07, 6.45) is 3.11. The molecule has 2 aromatic heterocycles. The Hall–Kier alpha value is -3.12. The van der Waals surface area contributed by atoms with E-state index in [0.717, 1.165) is 15.8 Å². The average Bonchev–Trinajstić information content (AvgIpc) is 3.11. The minimum Gasteiger partial charge on any atom is -0.347 e. The van der Waals surface area contributed by atoms with Gasteiger partial charge in [-0.1, -0.05) is 42.0 Å². The third kappa shape index (κ3) is 3.32. The van der Waals surface area contributed by atoms with Crippen LogP contribution in [0.2, 0.25) is 0 Å². The number of amides is 1. The quantitative estimate of drug-likeness (QED) is 0.597. The van der Waals surface area contributed by atoms with E-state index < -0.39 is 0 Å². The summed E-state index contributed by atoms with van der Waals surface area (Å²) in [5, 5.41) is 3.61. The van der Waals surface area contributed by atoms with Crippen molar-refractivity contribution in [3.05, 3.63) is 77.7 Å². The molecule has 0 aliphatic rings. The fourth-order valence-electron chi connectivity index (χ4n) is 2.61. The van der Waals surface area contributed by atoms with Crippen molar-refractivity contribution >= 4 is 27.5 Å².